The minimum absolute atomic E-state index is 0.0488. The van der Waals surface area contributed by atoms with Gasteiger partial charge in [0.15, 0.2) is 11.3 Å². The van der Waals surface area contributed by atoms with Crippen LogP contribution in [0.15, 0.2) is 28.4 Å². The number of carbonyl (C=O) groups is 1. The van der Waals surface area contributed by atoms with Crippen LogP contribution < -0.4 is 16.5 Å². The summed E-state index contributed by atoms with van der Waals surface area (Å²) in [7, 11) is 1.57. The summed E-state index contributed by atoms with van der Waals surface area (Å²) in [6.07, 6.45) is 2.66. The van der Waals surface area contributed by atoms with Gasteiger partial charge in [-0.05, 0) is 6.92 Å². The van der Waals surface area contributed by atoms with Crippen molar-refractivity contribution in [2.45, 2.75) is 6.92 Å². The van der Waals surface area contributed by atoms with E-state index in [2.05, 4.69) is 20.6 Å². The van der Waals surface area contributed by atoms with Gasteiger partial charge in [0.1, 0.15) is 11.4 Å². The van der Waals surface area contributed by atoms with Gasteiger partial charge >= 0.3 is 0 Å². The van der Waals surface area contributed by atoms with Crippen LogP contribution in [0.3, 0.4) is 0 Å². The molecule has 0 bridgehead atoms. The van der Waals surface area contributed by atoms with E-state index in [0.717, 1.165) is 0 Å². The molecule has 2 heterocycles. The van der Waals surface area contributed by atoms with Crippen LogP contribution in [0.25, 0.3) is 0 Å². The maximum Gasteiger partial charge on any atom is 0.262 e. The van der Waals surface area contributed by atoms with Crippen molar-refractivity contribution in [2.75, 3.05) is 5.32 Å². The van der Waals surface area contributed by atoms with Crippen LogP contribution in [0.2, 0.25) is 0 Å². The number of nitrogens with two attached hydrogens (primary N) is 1. The molecule has 0 radical (unpaired) electrons. The zero-order chi connectivity index (χ0) is 15.6. The number of amides is 1. The van der Waals surface area contributed by atoms with Crippen molar-refractivity contribution in [1.29, 1.82) is 0 Å². The van der Waals surface area contributed by atoms with Gasteiger partial charge in [-0.25, -0.2) is 0 Å². The number of anilines is 1. The minimum Gasteiger partial charge on any atom is -0.409 e. The standard InChI is InChI=1S/C12H14N6O3/c1-6-3-9(19)7(4-14-6)12(20)16-11-8(10(13)17-21)5-15-18(11)2/h3-5,21H,1-2H3,(H2,13,17)(H,14,19)(H,16,20). The van der Waals surface area contributed by atoms with Crippen molar-refractivity contribution in [3.63, 3.8) is 0 Å². The molecule has 1 amide bonds. The lowest BCUT2D eigenvalue weighted by molar-refractivity contribution is 0.102. The number of hydrogen-bond donors (Lipinski definition) is 4. The van der Waals surface area contributed by atoms with Crippen LogP contribution >= 0.6 is 0 Å². The third-order valence-corrected chi connectivity index (χ3v) is 2.86. The lowest BCUT2D eigenvalue weighted by Crippen LogP contribution is -2.24. The second-order valence-corrected chi connectivity index (χ2v) is 4.36. The Balaban J connectivity index is 2.36. The van der Waals surface area contributed by atoms with Crippen LogP contribution in [-0.2, 0) is 7.05 Å². The van der Waals surface area contributed by atoms with Crippen molar-refractivity contribution < 1.29 is 10.0 Å². The van der Waals surface area contributed by atoms with E-state index in [1.165, 1.54) is 23.1 Å². The fourth-order valence-electron chi connectivity index (χ4n) is 1.75. The van der Waals surface area contributed by atoms with E-state index in [9.17, 15) is 9.59 Å². The van der Waals surface area contributed by atoms with Crippen LogP contribution in [0, 0.1) is 6.92 Å². The molecule has 0 aliphatic carbocycles. The number of hydrogen-bond acceptors (Lipinski definition) is 5. The molecular weight excluding hydrogens is 276 g/mol. The number of rotatable bonds is 3. The molecule has 0 unspecified atom stereocenters. The smallest absolute Gasteiger partial charge is 0.262 e. The lowest BCUT2D eigenvalue weighted by atomic mass is 10.2. The zero-order valence-corrected chi connectivity index (χ0v) is 11.4. The molecule has 2 rings (SSSR count). The van der Waals surface area contributed by atoms with Gasteiger partial charge in [0.2, 0.25) is 0 Å². The number of nitrogens with one attached hydrogen (secondary N) is 2. The molecule has 0 saturated carbocycles. The predicted molar refractivity (Wildman–Crippen MR) is 75.5 cm³/mol. The lowest BCUT2D eigenvalue weighted by Gasteiger charge is -2.07. The molecule has 9 heteroatoms. The first-order chi connectivity index (χ1) is 9.93. The Morgan fingerprint density at radius 2 is 2.24 bits per heavy atom. The van der Waals surface area contributed by atoms with Crippen LogP contribution in [0.5, 0.6) is 0 Å². The number of nitrogens with zero attached hydrogens (tertiary/aromatic N) is 3. The van der Waals surface area contributed by atoms with Crippen LogP contribution in [-0.4, -0.2) is 31.7 Å². The molecule has 5 N–H and O–H groups in total. The fourth-order valence-corrected chi connectivity index (χ4v) is 1.75. The van der Waals surface area contributed by atoms with E-state index in [-0.39, 0.29) is 22.8 Å². The van der Waals surface area contributed by atoms with Gasteiger partial charge in [-0.1, -0.05) is 5.16 Å². The second kappa shape index (κ2) is 5.49. The predicted octanol–water partition coefficient (Wildman–Crippen LogP) is -0.236. The normalized spacial score (nSPS) is 11.4. The van der Waals surface area contributed by atoms with E-state index in [0.29, 0.717) is 5.69 Å². The van der Waals surface area contributed by atoms with Gasteiger partial charge in [-0.15, -0.1) is 0 Å². The van der Waals surface area contributed by atoms with Gasteiger partial charge in [0.25, 0.3) is 5.91 Å². The third-order valence-electron chi connectivity index (χ3n) is 2.86. The number of pyridine rings is 1. The molecule has 0 saturated heterocycles. The Labute approximate surface area is 119 Å². The van der Waals surface area contributed by atoms with Crippen LogP contribution in [0.1, 0.15) is 21.6 Å². The number of amidine groups is 1. The first-order valence-electron chi connectivity index (χ1n) is 5.94. The first kappa shape index (κ1) is 14.3. The maximum atomic E-state index is 12.1. The van der Waals surface area contributed by atoms with Gasteiger partial charge in [0, 0.05) is 25.0 Å². The molecule has 110 valence electrons. The molecule has 0 spiro atoms. The average molecular weight is 290 g/mol. The van der Waals surface area contributed by atoms with E-state index >= 15 is 0 Å². The SMILES string of the molecule is Cc1cc(=O)c(C(=O)Nc2c(C(N)=NO)cnn2C)c[nH]1. The van der Waals surface area contributed by atoms with E-state index in [1.54, 1.807) is 14.0 Å². The van der Waals surface area contributed by atoms with Crippen molar-refractivity contribution in [2.24, 2.45) is 17.9 Å². The topological polar surface area (TPSA) is 138 Å². The fraction of sp³-hybridized carbons (Fsp3) is 0.167. The first-order valence-corrected chi connectivity index (χ1v) is 5.94. The Hall–Kier alpha value is -3.10. The molecule has 0 aromatic carbocycles. The van der Waals surface area contributed by atoms with Crippen molar-refractivity contribution in [3.05, 3.63) is 45.5 Å². The monoisotopic (exact) mass is 290 g/mol. The number of oxime groups is 1. The highest BCUT2D eigenvalue weighted by Gasteiger charge is 2.17. The van der Waals surface area contributed by atoms with Crippen molar-refractivity contribution in [3.8, 4) is 0 Å². The largest absolute Gasteiger partial charge is 0.409 e. The Kier molecular flexibility index (Phi) is 3.74. The molecule has 2 aromatic rings. The molecule has 21 heavy (non-hydrogen) atoms. The molecule has 0 aliphatic heterocycles. The summed E-state index contributed by atoms with van der Waals surface area (Å²) in [5, 5.41) is 18.0. The highest BCUT2D eigenvalue weighted by molar-refractivity contribution is 6.08. The molecule has 9 nitrogen and oxygen atoms in total. The number of aromatic amines is 1. The number of H-pyrrole nitrogens is 1. The zero-order valence-electron chi connectivity index (χ0n) is 11.4. The summed E-state index contributed by atoms with van der Waals surface area (Å²) < 4.78 is 1.34. The van der Waals surface area contributed by atoms with Gasteiger partial charge in [0.05, 0.1) is 11.8 Å². The molecule has 2 aromatic heterocycles. The summed E-state index contributed by atoms with van der Waals surface area (Å²) in [5.74, 6) is -0.599. The van der Waals surface area contributed by atoms with Crippen molar-refractivity contribution in [1.82, 2.24) is 14.8 Å². The quantitative estimate of drug-likeness (QED) is 0.267. The molecule has 0 aliphatic rings. The molecule has 0 fully saturated rings. The number of carbonyl (C=O) groups excluding carboxylic acids is 1. The summed E-state index contributed by atoms with van der Waals surface area (Å²) in [6.45, 7) is 1.71. The molecule has 0 atom stereocenters. The Bertz CT molecular complexity index is 774. The summed E-state index contributed by atoms with van der Waals surface area (Å²) in [4.78, 5) is 26.7. The average Bonchev–Trinajstić information content (AvgIpc) is 2.79. The highest BCUT2D eigenvalue weighted by Crippen LogP contribution is 2.14. The summed E-state index contributed by atoms with van der Waals surface area (Å²) >= 11 is 0. The highest BCUT2D eigenvalue weighted by atomic mass is 16.4. The van der Waals surface area contributed by atoms with E-state index in [1.807, 2.05) is 0 Å². The van der Waals surface area contributed by atoms with Gasteiger partial charge in [-0.3, -0.25) is 14.3 Å². The van der Waals surface area contributed by atoms with Crippen molar-refractivity contribution >= 4 is 17.6 Å². The third kappa shape index (κ3) is 2.76. The second-order valence-electron chi connectivity index (χ2n) is 4.36. The van der Waals surface area contributed by atoms with E-state index in [4.69, 9.17) is 10.9 Å². The number of aryl methyl sites for hydroxylation is 2. The van der Waals surface area contributed by atoms with Crippen LogP contribution in [0.4, 0.5) is 5.82 Å². The Morgan fingerprint density at radius 1 is 1.52 bits per heavy atom. The number of aromatic nitrogens is 3. The van der Waals surface area contributed by atoms with Gasteiger partial charge in [-0.2, -0.15) is 5.10 Å². The summed E-state index contributed by atoms with van der Waals surface area (Å²) in [6, 6.07) is 1.32. The molecular formula is C12H14N6O3. The Morgan fingerprint density at radius 3 is 2.86 bits per heavy atom. The minimum atomic E-state index is -0.619. The summed E-state index contributed by atoms with van der Waals surface area (Å²) in [5.41, 5.74) is 5.94. The maximum absolute atomic E-state index is 12.1. The van der Waals surface area contributed by atoms with E-state index < -0.39 is 11.3 Å². The van der Waals surface area contributed by atoms with Gasteiger partial charge < -0.3 is 21.2 Å².